The fraction of sp³-hybridized carbons (Fsp3) is 0.571. The molecular weight excluding hydrogens is 340 g/mol. The van der Waals surface area contributed by atoms with Crippen LogP contribution in [0.1, 0.15) is 81.8 Å². The van der Waals surface area contributed by atoms with Gasteiger partial charge >= 0.3 is 6.03 Å². The maximum absolute atomic E-state index is 12.3. The van der Waals surface area contributed by atoms with E-state index in [0.29, 0.717) is 18.9 Å². The molecule has 0 saturated carbocycles. The van der Waals surface area contributed by atoms with Crippen molar-refractivity contribution >= 4 is 6.03 Å². The van der Waals surface area contributed by atoms with E-state index in [2.05, 4.69) is 52.8 Å². The topological polar surface area (TPSA) is 80.0 Å². The van der Waals surface area contributed by atoms with Gasteiger partial charge < -0.3 is 15.2 Å². The fourth-order valence-electron chi connectivity index (χ4n) is 3.62. The van der Waals surface area contributed by atoms with Gasteiger partial charge in [0, 0.05) is 18.9 Å². The molecule has 1 aromatic heterocycles. The lowest BCUT2D eigenvalue weighted by atomic mass is 9.71. The number of carbonyl (C=O) groups excluding carboxylic acids is 1. The first-order valence-electron chi connectivity index (χ1n) is 9.83. The van der Waals surface area contributed by atoms with Crippen LogP contribution in [0, 0.1) is 0 Å². The maximum atomic E-state index is 12.3. The van der Waals surface area contributed by atoms with E-state index in [1.54, 1.807) is 0 Å². The average Bonchev–Trinajstić information content (AvgIpc) is 3.11. The molecule has 1 aromatic carbocycles. The first kappa shape index (κ1) is 19.4. The van der Waals surface area contributed by atoms with Gasteiger partial charge in [0.25, 0.3) is 0 Å². The molecule has 3 rings (SSSR count). The van der Waals surface area contributed by atoms with E-state index >= 15 is 0 Å². The number of hydrogen-bond acceptors (Lipinski definition) is 4. The molecule has 1 heterocycles. The summed E-state index contributed by atoms with van der Waals surface area (Å²) in [6.07, 6.45) is 3.45. The third-order valence-corrected chi connectivity index (χ3v) is 5.28. The van der Waals surface area contributed by atoms with E-state index in [9.17, 15) is 4.79 Å². The molecular formula is C21H30N4O2. The first-order chi connectivity index (χ1) is 12.9. The number of hydrogen-bond donors (Lipinski definition) is 2. The predicted octanol–water partition coefficient (Wildman–Crippen LogP) is 4.24. The molecule has 0 bridgehead atoms. The van der Waals surface area contributed by atoms with Crippen LogP contribution in [-0.2, 0) is 11.8 Å². The Morgan fingerprint density at radius 2 is 2.11 bits per heavy atom. The Morgan fingerprint density at radius 3 is 2.85 bits per heavy atom. The molecule has 146 valence electrons. The van der Waals surface area contributed by atoms with Gasteiger partial charge in [-0.05, 0) is 35.8 Å². The molecule has 6 heteroatoms. The van der Waals surface area contributed by atoms with Crippen LogP contribution in [-0.4, -0.2) is 22.7 Å². The molecule has 1 aliphatic carbocycles. The highest BCUT2D eigenvalue weighted by molar-refractivity contribution is 5.74. The number of amides is 2. The number of rotatable bonds is 6. The molecule has 27 heavy (non-hydrogen) atoms. The Kier molecular flexibility index (Phi) is 5.82. The molecule has 0 spiro atoms. The van der Waals surface area contributed by atoms with Crippen LogP contribution in [0.4, 0.5) is 4.79 Å². The Labute approximate surface area is 161 Å². The number of aromatic nitrogens is 2. The fourth-order valence-corrected chi connectivity index (χ4v) is 3.62. The van der Waals surface area contributed by atoms with E-state index in [-0.39, 0.29) is 23.4 Å². The number of fused-ring (bicyclic) bond motifs is 1. The summed E-state index contributed by atoms with van der Waals surface area (Å²) < 4.78 is 5.22. The highest BCUT2D eigenvalue weighted by Crippen LogP contribution is 2.41. The van der Waals surface area contributed by atoms with Gasteiger partial charge in [-0.1, -0.05) is 57.1 Å². The lowest BCUT2D eigenvalue weighted by Crippen LogP contribution is -2.41. The van der Waals surface area contributed by atoms with E-state index in [1.165, 1.54) is 11.1 Å². The number of nitrogens with zero attached hydrogens (tertiary/aromatic N) is 2. The van der Waals surface area contributed by atoms with Crippen LogP contribution in [0.25, 0.3) is 0 Å². The molecule has 6 nitrogen and oxygen atoms in total. The molecule has 0 saturated heterocycles. The van der Waals surface area contributed by atoms with E-state index in [4.69, 9.17) is 4.52 Å². The summed E-state index contributed by atoms with van der Waals surface area (Å²) >= 11 is 0. The maximum Gasteiger partial charge on any atom is 0.315 e. The average molecular weight is 370 g/mol. The SMILES string of the molecule is CC(C)c1noc(CCCNC(=O)NC2CCC(C)(C)c3ccccc32)n1. The molecule has 0 aliphatic heterocycles. The molecule has 1 aliphatic rings. The lowest BCUT2D eigenvalue weighted by molar-refractivity contribution is 0.233. The summed E-state index contributed by atoms with van der Waals surface area (Å²) in [6, 6.07) is 8.37. The highest BCUT2D eigenvalue weighted by Gasteiger charge is 2.32. The minimum absolute atomic E-state index is 0.0683. The zero-order valence-electron chi connectivity index (χ0n) is 16.7. The van der Waals surface area contributed by atoms with E-state index in [1.807, 2.05) is 19.9 Å². The summed E-state index contributed by atoms with van der Waals surface area (Å²) in [5.74, 6) is 1.62. The summed E-state index contributed by atoms with van der Waals surface area (Å²) in [4.78, 5) is 16.7. The third kappa shape index (κ3) is 4.67. The standard InChI is InChI=1S/C21H30N4O2/c1-14(2)19-24-18(27-25-19)10-7-13-22-20(26)23-17-11-12-21(3,4)16-9-6-5-8-15(16)17/h5-6,8-9,14,17H,7,10-13H2,1-4H3,(H2,22,23,26). The van der Waals surface area contributed by atoms with Gasteiger partial charge in [-0.25, -0.2) is 4.79 Å². The second-order valence-electron chi connectivity index (χ2n) is 8.27. The van der Waals surface area contributed by atoms with E-state index in [0.717, 1.165) is 25.1 Å². The van der Waals surface area contributed by atoms with Crippen molar-refractivity contribution in [3.8, 4) is 0 Å². The van der Waals surface area contributed by atoms with E-state index < -0.39 is 0 Å². The van der Waals surface area contributed by atoms with Gasteiger partial charge in [0.05, 0.1) is 6.04 Å². The molecule has 0 fully saturated rings. The quantitative estimate of drug-likeness (QED) is 0.746. The van der Waals surface area contributed by atoms with Crippen molar-refractivity contribution in [1.29, 1.82) is 0 Å². The number of nitrogens with one attached hydrogen (secondary N) is 2. The van der Waals surface area contributed by atoms with Crippen LogP contribution in [0.2, 0.25) is 0 Å². The highest BCUT2D eigenvalue weighted by atomic mass is 16.5. The van der Waals surface area contributed by atoms with Crippen molar-refractivity contribution in [1.82, 2.24) is 20.8 Å². The second kappa shape index (κ2) is 8.11. The molecule has 0 radical (unpaired) electrons. The zero-order valence-corrected chi connectivity index (χ0v) is 16.7. The van der Waals surface area contributed by atoms with Gasteiger partial charge in [-0.2, -0.15) is 4.98 Å². The summed E-state index contributed by atoms with van der Waals surface area (Å²) in [6.45, 7) is 9.18. The van der Waals surface area contributed by atoms with Crippen molar-refractivity contribution in [2.24, 2.45) is 0 Å². The Hall–Kier alpha value is -2.37. The number of carbonyl (C=O) groups is 1. The van der Waals surface area contributed by atoms with Crippen molar-refractivity contribution in [3.05, 3.63) is 47.1 Å². The Morgan fingerprint density at radius 1 is 1.33 bits per heavy atom. The van der Waals surface area contributed by atoms with Crippen LogP contribution in [0.5, 0.6) is 0 Å². The zero-order chi connectivity index (χ0) is 19.4. The first-order valence-corrected chi connectivity index (χ1v) is 9.83. The Bertz CT molecular complexity index is 782. The molecule has 1 unspecified atom stereocenters. The van der Waals surface area contributed by atoms with Crippen molar-refractivity contribution < 1.29 is 9.32 Å². The minimum atomic E-state index is -0.122. The predicted molar refractivity (Wildman–Crippen MR) is 105 cm³/mol. The summed E-state index contributed by atoms with van der Waals surface area (Å²) in [5, 5.41) is 10.0. The van der Waals surface area contributed by atoms with Crippen LogP contribution in [0.3, 0.4) is 0 Å². The normalized spacial score (nSPS) is 18.2. The van der Waals surface area contributed by atoms with Gasteiger partial charge in [0.1, 0.15) is 0 Å². The number of aryl methyl sites for hydroxylation is 1. The smallest absolute Gasteiger partial charge is 0.315 e. The molecule has 2 amide bonds. The number of benzene rings is 1. The molecule has 1 atom stereocenters. The van der Waals surface area contributed by atoms with Gasteiger partial charge in [-0.3, -0.25) is 0 Å². The monoisotopic (exact) mass is 370 g/mol. The minimum Gasteiger partial charge on any atom is -0.339 e. The lowest BCUT2D eigenvalue weighted by Gasteiger charge is -2.37. The molecule has 2 N–H and O–H groups in total. The third-order valence-electron chi connectivity index (χ3n) is 5.28. The molecule has 2 aromatic rings. The van der Waals surface area contributed by atoms with Gasteiger partial charge in [0.2, 0.25) is 5.89 Å². The van der Waals surface area contributed by atoms with Crippen LogP contribution in [0.15, 0.2) is 28.8 Å². The largest absolute Gasteiger partial charge is 0.339 e. The summed E-state index contributed by atoms with van der Waals surface area (Å²) in [7, 11) is 0. The van der Waals surface area contributed by atoms with Crippen LogP contribution >= 0.6 is 0 Å². The van der Waals surface area contributed by atoms with Gasteiger partial charge in [-0.15, -0.1) is 0 Å². The summed E-state index contributed by atoms with van der Waals surface area (Å²) in [5.41, 5.74) is 2.72. The van der Waals surface area contributed by atoms with Gasteiger partial charge in [0.15, 0.2) is 5.82 Å². The second-order valence-corrected chi connectivity index (χ2v) is 8.27. The van der Waals surface area contributed by atoms with Crippen LogP contribution < -0.4 is 10.6 Å². The van der Waals surface area contributed by atoms with Crippen molar-refractivity contribution in [3.63, 3.8) is 0 Å². The van der Waals surface area contributed by atoms with Crippen molar-refractivity contribution in [2.75, 3.05) is 6.54 Å². The number of urea groups is 1. The Balaban J connectivity index is 1.47. The van der Waals surface area contributed by atoms with Crippen molar-refractivity contribution in [2.45, 2.75) is 70.8 Å².